The first-order valence-electron chi connectivity index (χ1n) is 3.72. The molecule has 2 unspecified atom stereocenters. The summed E-state index contributed by atoms with van der Waals surface area (Å²) in [6, 6.07) is 0. The van der Waals surface area contributed by atoms with Crippen molar-refractivity contribution in [2.24, 2.45) is 0 Å². The Morgan fingerprint density at radius 3 is 3.08 bits per heavy atom. The van der Waals surface area contributed by atoms with Crippen LogP contribution in [0.1, 0.15) is 6.92 Å². The summed E-state index contributed by atoms with van der Waals surface area (Å²) in [5.41, 5.74) is 0.883. The number of hydrogen-bond donors (Lipinski definition) is 1. The third-order valence-corrected chi connectivity index (χ3v) is 1.96. The Labute approximate surface area is 74.2 Å². The molecular weight excluding hydrogens is 175 g/mol. The van der Waals surface area contributed by atoms with Crippen LogP contribution in [0.15, 0.2) is 12.3 Å². The molecule has 0 aromatic rings. The molecular formula is C7H13N2O2P. The van der Waals surface area contributed by atoms with E-state index in [0.717, 1.165) is 5.70 Å². The minimum absolute atomic E-state index is 0.0632. The molecule has 1 aliphatic heterocycles. The molecule has 1 aliphatic rings. The van der Waals surface area contributed by atoms with E-state index in [1.807, 2.05) is 6.92 Å². The van der Waals surface area contributed by atoms with Gasteiger partial charge in [-0.05, 0) is 16.3 Å². The van der Waals surface area contributed by atoms with E-state index in [4.69, 9.17) is 4.74 Å². The van der Waals surface area contributed by atoms with Crippen LogP contribution in [-0.2, 0) is 4.74 Å². The lowest BCUT2D eigenvalue weighted by Gasteiger charge is -2.09. The summed E-state index contributed by atoms with van der Waals surface area (Å²) in [7, 11) is 2.32. The number of carbonyl (C=O) groups is 1. The molecule has 0 aromatic heterocycles. The van der Waals surface area contributed by atoms with Crippen molar-refractivity contribution in [2.75, 3.05) is 13.1 Å². The molecule has 0 saturated carbocycles. The van der Waals surface area contributed by atoms with Crippen molar-refractivity contribution in [3.63, 3.8) is 0 Å². The van der Waals surface area contributed by atoms with Crippen LogP contribution >= 0.6 is 9.39 Å². The fourth-order valence-electron chi connectivity index (χ4n) is 0.936. The summed E-state index contributed by atoms with van der Waals surface area (Å²) in [4.78, 5) is 10.9. The molecule has 68 valence electrons. The Balaban J connectivity index is 2.28. The van der Waals surface area contributed by atoms with Crippen LogP contribution in [0.5, 0.6) is 0 Å². The molecule has 1 rings (SSSR count). The van der Waals surface area contributed by atoms with Crippen LogP contribution in [-0.4, -0.2) is 30.0 Å². The number of carbonyl (C=O) groups excluding carboxylic acids is 1. The first-order chi connectivity index (χ1) is 5.59. The molecule has 1 fully saturated rings. The molecule has 1 saturated heterocycles. The van der Waals surface area contributed by atoms with Crippen molar-refractivity contribution in [1.82, 2.24) is 9.99 Å². The second-order valence-corrected chi connectivity index (χ2v) is 3.44. The van der Waals surface area contributed by atoms with Crippen LogP contribution in [0.4, 0.5) is 4.79 Å². The second kappa shape index (κ2) is 3.76. The lowest BCUT2D eigenvalue weighted by atomic mass is 10.3. The number of allylic oxidation sites excluding steroid dienone is 1. The van der Waals surface area contributed by atoms with Crippen LogP contribution in [0.3, 0.4) is 0 Å². The van der Waals surface area contributed by atoms with Gasteiger partial charge in [-0.3, -0.25) is 4.67 Å². The molecule has 1 amide bonds. The molecule has 1 heterocycles. The van der Waals surface area contributed by atoms with Gasteiger partial charge in [0, 0.05) is 5.70 Å². The number of ether oxygens (including phenoxy) is 1. The summed E-state index contributed by atoms with van der Waals surface area (Å²) in [6.07, 6.45) is -0.347. The Kier molecular flexibility index (Phi) is 2.93. The number of amides is 1. The SMILES string of the molecule is C=C(C)NCC1CN(P)C(=O)O1. The molecule has 0 radical (unpaired) electrons. The highest BCUT2D eigenvalue weighted by molar-refractivity contribution is 7.14. The molecule has 1 N–H and O–H groups in total. The van der Waals surface area contributed by atoms with Gasteiger partial charge in [0.1, 0.15) is 6.10 Å². The average molecular weight is 188 g/mol. The molecule has 4 nitrogen and oxygen atoms in total. The van der Waals surface area contributed by atoms with E-state index in [2.05, 4.69) is 21.3 Å². The normalized spacial score (nSPS) is 22.3. The monoisotopic (exact) mass is 188 g/mol. The largest absolute Gasteiger partial charge is 0.442 e. The molecule has 0 aromatic carbocycles. The first-order valence-corrected chi connectivity index (χ1v) is 4.23. The van der Waals surface area contributed by atoms with E-state index in [9.17, 15) is 4.79 Å². The quantitative estimate of drug-likeness (QED) is 0.663. The zero-order valence-electron chi connectivity index (χ0n) is 7.04. The number of nitrogens with zero attached hydrogens (tertiary/aromatic N) is 1. The Morgan fingerprint density at radius 1 is 2.00 bits per heavy atom. The summed E-state index contributed by atoms with van der Waals surface area (Å²) < 4.78 is 6.46. The smallest absolute Gasteiger partial charge is 0.413 e. The van der Waals surface area contributed by atoms with Gasteiger partial charge in [-0.1, -0.05) is 6.58 Å². The third-order valence-electron chi connectivity index (χ3n) is 1.53. The van der Waals surface area contributed by atoms with Gasteiger partial charge in [0.15, 0.2) is 0 Å². The summed E-state index contributed by atoms with van der Waals surface area (Å²) in [5, 5.41) is 3.02. The molecule has 0 bridgehead atoms. The van der Waals surface area contributed by atoms with Crippen LogP contribution in [0.2, 0.25) is 0 Å². The highest BCUT2D eigenvalue weighted by Crippen LogP contribution is 2.14. The average Bonchev–Trinajstić information content (AvgIpc) is 2.28. The highest BCUT2D eigenvalue weighted by Gasteiger charge is 2.27. The fraction of sp³-hybridized carbons (Fsp3) is 0.571. The van der Waals surface area contributed by atoms with Crippen LogP contribution in [0.25, 0.3) is 0 Å². The maximum atomic E-state index is 10.9. The Hall–Kier alpha value is -0.760. The lowest BCUT2D eigenvalue weighted by Crippen LogP contribution is -2.27. The van der Waals surface area contributed by atoms with Gasteiger partial charge in [0.2, 0.25) is 0 Å². The van der Waals surface area contributed by atoms with Gasteiger partial charge in [-0.2, -0.15) is 0 Å². The van der Waals surface area contributed by atoms with E-state index >= 15 is 0 Å². The standard InChI is InChI=1S/C7H13N2O2P/c1-5(2)8-3-6-4-9(12)7(10)11-6/h6,8H,1,3-4,12H2,2H3. The minimum Gasteiger partial charge on any atom is -0.442 e. The van der Waals surface area contributed by atoms with Crippen LogP contribution < -0.4 is 5.32 Å². The summed E-state index contributed by atoms with van der Waals surface area (Å²) in [5.74, 6) is 0. The van der Waals surface area contributed by atoms with Crippen molar-refractivity contribution >= 4 is 15.5 Å². The molecule has 5 heteroatoms. The maximum Gasteiger partial charge on any atom is 0.413 e. The van der Waals surface area contributed by atoms with Crippen molar-refractivity contribution in [1.29, 1.82) is 0 Å². The van der Waals surface area contributed by atoms with Crippen molar-refractivity contribution in [3.05, 3.63) is 12.3 Å². The zero-order chi connectivity index (χ0) is 9.14. The first kappa shape index (κ1) is 9.33. The third kappa shape index (κ3) is 2.38. The van der Waals surface area contributed by atoms with Gasteiger partial charge in [-0.25, -0.2) is 4.79 Å². The van der Waals surface area contributed by atoms with Crippen LogP contribution in [0, 0.1) is 0 Å². The van der Waals surface area contributed by atoms with E-state index in [-0.39, 0.29) is 12.2 Å². The number of rotatable bonds is 3. The van der Waals surface area contributed by atoms with E-state index in [0.29, 0.717) is 13.1 Å². The predicted octanol–water partition coefficient (Wildman–Crippen LogP) is 0.720. The van der Waals surface area contributed by atoms with Crippen molar-refractivity contribution in [3.8, 4) is 0 Å². The van der Waals surface area contributed by atoms with E-state index in [1.165, 1.54) is 4.67 Å². The fourth-order valence-corrected chi connectivity index (χ4v) is 1.23. The molecule has 0 spiro atoms. The lowest BCUT2D eigenvalue weighted by molar-refractivity contribution is 0.137. The molecule has 0 aliphatic carbocycles. The minimum atomic E-state index is -0.284. The zero-order valence-corrected chi connectivity index (χ0v) is 8.19. The highest BCUT2D eigenvalue weighted by atomic mass is 31.0. The van der Waals surface area contributed by atoms with E-state index in [1.54, 1.807) is 0 Å². The predicted molar refractivity (Wildman–Crippen MR) is 49.5 cm³/mol. The van der Waals surface area contributed by atoms with Crippen molar-refractivity contribution in [2.45, 2.75) is 13.0 Å². The van der Waals surface area contributed by atoms with Gasteiger partial charge < -0.3 is 10.1 Å². The van der Waals surface area contributed by atoms with E-state index < -0.39 is 0 Å². The number of cyclic esters (lactones) is 1. The van der Waals surface area contributed by atoms with Gasteiger partial charge >= 0.3 is 6.09 Å². The van der Waals surface area contributed by atoms with Gasteiger partial charge in [0.05, 0.1) is 13.1 Å². The van der Waals surface area contributed by atoms with Crippen molar-refractivity contribution < 1.29 is 9.53 Å². The van der Waals surface area contributed by atoms with Gasteiger partial charge in [0.25, 0.3) is 0 Å². The Bertz CT molecular complexity index is 208. The number of nitrogens with one attached hydrogen (secondary N) is 1. The molecule has 12 heavy (non-hydrogen) atoms. The summed E-state index contributed by atoms with van der Waals surface area (Å²) >= 11 is 0. The molecule has 2 atom stereocenters. The number of hydrogen-bond acceptors (Lipinski definition) is 3. The Morgan fingerprint density at radius 2 is 2.67 bits per heavy atom. The van der Waals surface area contributed by atoms with Gasteiger partial charge in [-0.15, -0.1) is 0 Å². The topological polar surface area (TPSA) is 41.6 Å². The summed E-state index contributed by atoms with van der Waals surface area (Å²) in [6.45, 7) is 6.80. The second-order valence-electron chi connectivity index (χ2n) is 2.82. The maximum absolute atomic E-state index is 10.9.